The van der Waals surface area contributed by atoms with Gasteiger partial charge < -0.3 is 19.9 Å². The molecule has 1 saturated heterocycles. The molecule has 2 aliphatic rings. The van der Waals surface area contributed by atoms with Crippen LogP contribution in [0.3, 0.4) is 0 Å². The molecular formula is C24H26N2O7. The maximum atomic E-state index is 12.5. The molecule has 174 valence electrons. The van der Waals surface area contributed by atoms with Gasteiger partial charge in [-0.15, -0.1) is 0 Å². The highest BCUT2D eigenvalue weighted by atomic mass is 16.7. The predicted octanol–water partition coefficient (Wildman–Crippen LogP) is 2.40. The topological polar surface area (TPSA) is 114 Å². The summed E-state index contributed by atoms with van der Waals surface area (Å²) < 4.78 is 11.0. The fourth-order valence-corrected chi connectivity index (χ4v) is 4.37. The summed E-state index contributed by atoms with van der Waals surface area (Å²) in [5, 5.41) is 12.3. The molecule has 1 fully saturated rings. The molecule has 0 saturated carbocycles. The smallest absolute Gasteiger partial charge is 0.407 e. The summed E-state index contributed by atoms with van der Waals surface area (Å²) >= 11 is 0. The average molecular weight is 454 g/mol. The summed E-state index contributed by atoms with van der Waals surface area (Å²) in [5.41, 5.74) is 4.57. The van der Waals surface area contributed by atoms with E-state index in [1.165, 1.54) is 7.05 Å². The minimum atomic E-state index is -1.18. The van der Waals surface area contributed by atoms with Crippen LogP contribution in [-0.4, -0.2) is 67.7 Å². The first kappa shape index (κ1) is 22.8. The number of nitrogens with zero attached hydrogens (tertiary/aromatic N) is 1. The lowest BCUT2D eigenvalue weighted by Gasteiger charge is -2.23. The molecule has 9 nitrogen and oxygen atoms in total. The first-order chi connectivity index (χ1) is 16.0. The maximum absolute atomic E-state index is 12.5. The van der Waals surface area contributed by atoms with E-state index in [0.29, 0.717) is 13.0 Å². The van der Waals surface area contributed by atoms with Crippen LogP contribution >= 0.6 is 0 Å². The predicted molar refractivity (Wildman–Crippen MR) is 117 cm³/mol. The van der Waals surface area contributed by atoms with Gasteiger partial charge in [0.1, 0.15) is 12.7 Å². The third-order valence-corrected chi connectivity index (χ3v) is 6.00. The lowest BCUT2D eigenvalue weighted by molar-refractivity contribution is -0.194. The molecule has 33 heavy (non-hydrogen) atoms. The van der Waals surface area contributed by atoms with Crippen LogP contribution in [0.4, 0.5) is 4.79 Å². The fourth-order valence-electron chi connectivity index (χ4n) is 4.37. The normalized spacial score (nSPS) is 18.9. The number of nitrogens with one attached hydrogen (secondary N) is 1. The van der Waals surface area contributed by atoms with E-state index in [4.69, 9.17) is 19.4 Å². The second kappa shape index (κ2) is 10.0. The second-order valence-corrected chi connectivity index (χ2v) is 8.05. The number of hydroxylamine groups is 2. The van der Waals surface area contributed by atoms with Crippen molar-refractivity contribution < 1.29 is 33.8 Å². The molecule has 4 rings (SSSR count). The molecule has 2 unspecified atom stereocenters. The molecule has 2 atom stereocenters. The summed E-state index contributed by atoms with van der Waals surface area (Å²) in [5.74, 6) is -1.98. The van der Waals surface area contributed by atoms with Gasteiger partial charge in [0.15, 0.2) is 6.61 Å². The molecule has 2 N–H and O–H groups in total. The number of carboxylic acids is 1. The van der Waals surface area contributed by atoms with E-state index >= 15 is 0 Å². The Kier molecular flexibility index (Phi) is 6.90. The van der Waals surface area contributed by atoms with E-state index in [2.05, 4.69) is 29.6 Å². The number of ether oxygens (including phenoxy) is 2. The summed E-state index contributed by atoms with van der Waals surface area (Å²) in [4.78, 5) is 40.4. The number of alkyl carbamates (subject to hydrolysis) is 1. The highest BCUT2D eigenvalue weighted by Crippen LogP contribution is 2.44. The highest BCUT2D eigenvalue weighted by Gasteiger charge is 2.37. The Bertz CT molecular complexity index is 995. The van der Waals surface area contributed by atoms with Crippen molar-refractivity contribution in [2.75, 3.05) is 33.4 Å². The maximum Gasteiger partial charge on any atom is 0.407 e. The minimum absolute atomic E-state index is 0.0349. The number of fused-ring (bicyclic) bond motifs is 3. The molecule has 1 aliphatic heterocycles. The molecule has 1 heterocycles. The molecule has 2 amide bonds. The first-order valence-electron chi connectivity index (χ1n) is 10.8. The number of rotatable bonds is 8. The summed E-state index contributed by atoms with van der Waals surface area (Å²) in [7, 11) is 1.34. The third kappa shape index (κ3) is 4.99. The first-order valence-corrected chi connectivity index (χ1v) is 10.8. The van der Waals surface area contributed by atoms with E-state index in [1.54, 1.807) is 0 Å². The van der Waals surface area contributed by atoms with Crippen molar-refractivity contribution in [3.63, 3.8) is 0 Å². The van der Waals surface area contributed by atoms with E-state index < -0.39 is 30.7 Å². The molecule has 9 heteroatoms. The number of benzene rings is 2. The van der Waals surface area contributed by atoms with Gasteiger partial charge in [0.05, 0.1) is 0 Å². The molecule has 1 aliphatic carbocycles. The van der Waals surface area contributed by atoms with Crippen molar-refractivity contribution in [3.8, 4) is 11.1 Å². The van der Waals surface area contributed by atoms with Crippen molar-refractivity contribution in [3.05, 3.63) is 59.7 Å². The highest BCUT2D eigenvalue weighted by molar-refractivity contribution is 5.81. The number of aliphatic carboxylic acids is 1. The Morgan fingerprint density at radius 1 is 1.09 bits per heavy atom. The van der Waals surface area contributed by atoms with Crippen LogP contribution in [0.25, 0.3) is 11.1 Å². The SMILES string of the molecule is CN(OCC(=O)O)C(=O)C1OCCC1CNC(=O)OCC1c2ccccc2-c2ccccc21. The number of carbonyl (C=O) groups excluding carboxylic acids is 2. The van der Waals surface area contributed by atoms with E-state index in [-0.39, 0.29) is 25.0 Å². The third-order valence-electron chi connectivity index (χ3n) is 6.00. The van der Waals surface area contributed by atoms with Crippen LogP contribution in [0.15, 0.2) is 48.5 Å². The fraction of sp³-hybridized carbons (Fsp3) is 0.375. The second-order valence-electron chi connectivity index (χ2n) is 8.05. The van der Waals surface area contributed by atoms with Gasteiger partial charge in [-0.05, 0) is 28.7 Å². The van der Waals surface area contributed by atoms with E-state index in [1.807, 2.05) is 24.3 Å². The Morgan fingerprint density at radius 3 is 2.36 bits per heavy atom. The Hall–Kier alpha value is -3.43. The number of likely N-dealkylation sites (N-methyl/N-ethyl adjacent to an activating group) is 1. The van der Waals surface area contributed by atoms with Gasteiger partial charge in [0, 0.05) is 32.0 Å². The largest absolute Gasteiger partial charge is 0.479 e. The quantitative estimate of drug-likeness (QED) is 0.589. The van der Waals surface area contributed by atoms with Crippen LogP contribution in [0.1, 0.15) is 23.5 Å². The zero-order valence-electron chi connectivity index (χ0n) is 18.2. The minimum Gasteiger partial charge on any atom is -0.479 e. The Morgan fingerprint density at radius 2 is 1.73 bits per heavy atom. The summed E-state index contributed by atoms with van der Waals surface area (Å²) in [6.07, 6.45) is -0.810. The monoisotopic (exact) mass is 454 g/mol. The Balaban J connectivity index is 1.30. The lowest BCUT2D eigenvalue weighted by Crippen LogP contribution is -2.43. The zero-order chi connectivity index (χ0) is 23.4. The van der Waals surface area contributed by atoms with Crippen molar-refractivity contribution >= 4 is 18.0 Å². The van der Waals surface area contributed by atoms with Crippen LogP contribution in [0.5, 0.6) is 0 Å². The van der Waals surface area contributed by atoms with Crippen molar-refractivity contribution in [1.82, 2.24) is 10.4 Å². The van der Waals surface area contributed by atoms with Crippen LogP contribution < -0.4 is 5.32 Å². The average Bonchev–Trinajstić information content (AvgIpc) is 3.42. The lowest BCUT2D eigenvalue weighted by atomic mass is 9.98. The van der Waals surface area contributed by atoms with E-state index in [9.17, 15) is 14.4 Å². The molecule has 0 aromatic heterocycles. The Labute approximate surface area is 191 Å². The molecule has 2 aromatic carbocycles. The van der Waals surface area contributed by atoms with Gasteiger partial charge in [0.2, 0.25) is 0 Å². The molecule has 0 spiro atoms. The number of hydrogen-bond donors (Lipinski definition) is 2. The van der Waals surface area contributed by atoms with Gasteiger partial charge in [-0.2, -0.15) is 0 Å². The molecule has 2 aromatic rings. The van der Waals surface area contributed by atoms with Gasteiger partial charge in [-0.25, -0.2) is 14.7 Å². The molecular weight excluding hydrogens is 428 g/mol. The summed E-state index contributed by atoms with van der Waals surface area (Å²) in [6.45, 7) is 0.132. The van der Waals surface area contributed by atoms with Crippen LogP contribution in [0.2, 0.25) is 0 Å². The number of amides is 2. The zero-order valence-corrected chi connectivity index (χ0v) is 18.2. The van der Waals surface area contributed by atoms with Crippen molar-refractivity contribution in [2.45, 2.75) is 18.4 Å². The van der Waals surface area contributed by atoms with E-state index in [0.717, 1.165) is 27.3 Å². The van der Waals surface area contributed by atoms with Crippen LogP contribution in [0, 0.1) is 5.92 Å². The van der Waals surface area contributed by atoms with Crippen molar-refractivity contribution in [2.24, 2.45) is 5.92 Å². The van der Waals surface area contributed by atoms with Crippen molar-refractivity contribution in [1.29, 1.82) is 0 Å². The van der Waals surface area contributed by atoms with Gasteiger partial charge in [-0.3, -0.25) is 9.63 Å². The standard InChI is InChI=1S/C24H26N2O7/c1-26(33-14-21(27)28)23(29)22-15(10-11-31-22)12-25-24(30)32-13-20-18-8-4-2-6-16(18)17-7-3-5-9-19(17)20/h2-9,15,20,22H,10-14H2,1H3,(H,25,30)(H,27,28). The van der Waals surface area contributed by atoms with Gasteiger partial charge >= 0.3 is 12.1 Å². The number of carbonyl (C=O) groups is 3. The number of carboxylic acid groups (broad SMARTS) is 1. The number of hydrogen-bond acceptors (Lipinski definition) is 6. The molecule has 0 radical (unpaired) electrons. The summed E-state index contributed by atoms with van der Waals surface area (Å²) in [6, 6.07) is 16.2. The van der Waals surface area contributed by atoms with Crippen LogP contribution in [-0.2, 0) is 23.9 Å². The van der Waals surface area contributed by atoms with Gasteiger partial charge in [-0.1, -0.05) is 48.5 Å². The van der Waals surface area contributed by atoms with Gasteiger partial charge in [0.25, 0.3) is 5.91 Å². The molecule has 0 bridgehead atoms.